The number of ether oxygens (including phenoxy) is 1. The molecule has 1 aromatic carbocycles. The van der Waals surface area contributed by atoms with Crippen LogP contribution in [-0.4, -0.2) is 44.3 Å². The van der Waals surface area contributed by atoms with Gasteiger partial charge in [0.15, 0.2) is 16.5 Å². The lowest BCUT2D eigenvalue weighted by molar-refractivity contribution is 0.411. The Hall–Kier alpha value is -2.35. The Morgan fingerprint density at radius 3 is 2.96 bits per heavy atom. The Balaban J connectivity index is 1.53. The quantitative estimate of drug-likeness (QED) is 0.486. The molecule has 1 aliphatic rings. The summed E-state index contributed by atoms with van der Waals surface area (Å²) in [7, 11) is 1.70. The lowest BCUT2D eigenvalue weighted by Crippen LogP contribution is -2.08. The van der Waals surface area contributed by atoms with Crippen LogP contribution in [0.3, 0.4) is 0 Å². The molecular weight excluding hydrogens is 348 g/mol. The zero-order chi connectivity index (χ0) is 18.1. The van der Waals surface area contributed by atoms with Crippen LogP contribution >= 0.6 is 11.8 Å². The molecule has 0 saturated heterocycles. The Bertz CT molecular complexity index is 927. The second-order valence-corrected chi connectivity index (χ2v) is 7.58. The predicted molar refractivity (Wildman–Crippen MR) is 103 cm³/mol. The number of rotatable bonds is 7. The summed E-state index contributed by atoms with van der Waals surface area (Å²) in [5.41, 5.74) is 3.79. The number of hydrogen-bond donors (Lipinski definition) is 2. The van der Waals surface area contributed by atoms with E-state index in [1.54, 1.807) is 18.9 Å². The molecule has 2 N–H and O–H groups in total. The second kappa shape index (κ2) is 7.11. The molecule has 1 fully saturated rings. The molecular formula is C18H22N6OS. The molecule has 4 rings (SSSR count). The molecule has 3 aromatic rings. The van der Waals surface area contributed by atoms with Gasteiger partial charge in [-0.1, -0.05) is 30.8 Å². The number of nitrogens with zero attached hydrogens (tertiary/aromatic N) is 4. The number of aromatic nitrogens is 5. The van der Waals surface area contributed by atoms with Crippen LogP contribution in [-0.2, 0) is 0 Å². The molecule has 2 atom stereocenters. The molecule has 0 radical (unpaired) electrons. The zero-order valence-corrected chi connectivity index (χ0v) is 15.9. The maximum absolute atomic E-state index is 5.35. The van der Waals surface area contributed by atoms with E-state index in [1.165, 1.54) is 5.56 Å². The van der Waals surface area contributed by atoms with Crippen LogP contribution in [0, 0.1) is 6.92 Å². The molecule has 2 unspecified atom stereocenters. The van der Waals surface area contributed by atoms with E-state index < -0.39 is 0 Å². The number of hydrogen-bond acceptors (Lipinski definition) is 7. The molecule has 1 saturated carbocycles. The van der Waals surface area contributed by atoms with Gasteiger partial charge in [0.05, 0.1) is 7.11 Å². The number of benzene rings is 1. The fourth-order valence-electron chi connectivity index (χ4n) is 3.12. The second-order valence-electron chi connectivity index (χ2n) is 6.52. The highest BCUT2D eigenvalue weighted by molar-refractivity contribution is 7.99. The van der Waals surface area contributed by atoms with Gasteiger partial charge in [0.1, 0.15) is 5.75 Å². The van der Waals surface area contributed by atoms with Crippen molar-refractivity contribution >= 4 is 28.7 Å². The van der Waals surface area contributed by atoms with Gasteiger partial charge in [0, 0.05) is 17.7 Å². The predicted octanol–water partition coefficient (Wildman–Crippen LogP) is 3.54. The Morgan fingerprint density at radius 1 is 1.31 bits per heavy atom. The van der Waals surface area contributed by atoms with Crippen molar-refractivity contribution in [1.82, 2.24) is 25.4 Å². The Morgan fingerprint density at radius 2 is 2.19 bits per heavy atom. The van der Waals surface area contributed by atoms with E-state index in [0.717, 1.165) is 40.9 Å². The highest BCUT2D eigenvalue weighted by Gasteiger charge is 2.39. The van der Waals surface area contributed by atoms with Crippen molar-refractivity contribution < 1.29 is 4.74 Å². The largest absolute Gasteiger partial charge is 0.496 e. The number of nitrogens with one attached hydrogen (secondary N) is 2. The minimum Gasteiger partial charge on any atom is -0.496 e. The smallest absolute Gasteiger partial charge is 0.207 e. The summed E-state index contributed by atoms with van der Waals surface area (Å²) in [4.78, 5) is 9.12. The average molecular weight is 370 g/mol. The number of H-pyrrole nitrogens is 1. The minimum absolute atomic E-state index is 0.349. The summed E-state index contributed by atoms with van der Waals surface area (Å²) in [6.07, 6.45) is 2.15. The first-order valence-corrected chi connectivity index (χ1v) is 9.80. The third-order valence-electron chi connectivity index (χ3n) is 4.56. The first kappa shape index (κ1) is 17.1. The molecule has 0 amide bonds. The van der Waals surface area contributed by atoms with Gasteiger partial charge in [-0.2, -0.15) is 15.3 Å². The van der Waals surface area contributed by atoms with Crippen LogP contribution in [0.2, 0.25) is 0 Å². The van der Waals surface area contributed by atoms with E-state index in [2.05, 4.69) is 56.7 Å². The number of thioether (sulfide) groups is 1. The number of anilines is 1. The van der Waals surface area contributed by atoms with Crippen LogP contribution in [0.5, 0.6) is 5.75 Å². The van der Waals surface area contributed by atoms with Gasteiger partial charge in [0.25, 0.3) is 0 Å². The van der Waals surface area contributed by atoms with Gasteiger partial charge in [-0.25, -0.2) is 4.98 Å². The molecule has 0 bridgehead atoms. The SMILES string of the molecule is CCCSc1nc(NC2CC2c2ccc(OC)c(C)c2)c2n[nH]nc2n1. The monoisotopic (exact) mass is 370 g/mol. The topological polar surface area (TPSA) is 88.6 Å². The van der Waals surface area contributed by atoms with Crippen LogP contribution < -0.4 is 10.1 Å². The minimum atomic E-state index is 0.349. The fourth-order valence-corrected chi connectivity index (χ4v) is 3.81. The van der Waals surface area contributed by atoms with Crippen LogP contribution in [0.15, 0.2) is 23.4 Å². The normalized spacial score (nSPS) is 18.9. The van der Waals surface area contributed by atoms with E-state index in [1.807, 2.05) is 6.07 Å². The summed E-state index contributed by atoms with van der Waals surface area (Å²) in [6, 6.07) is 6.74. The zero-order valence-electron chi connectivity index (χ0n) is 15.1. The molecule has 2 aromatic heterocycles. The van der Waals surface area contributed by atoms with Gasteiger partial charge in [0.2, 0.25) is 5.65 Å². The highest BCUT2D eigenvalue weighted by atomic mass is 32.2. The maximum atomic E-state index is 5.35. The molecule has 2 heterocycles. The first-order chi connectivity index (χ1) is 12.7. The van der Waals surface area contributed by atoms with E-state index in [9.17, 15) is 0 Å². The number of aromatic amines is 1. The first-order valence-electron chi connectivity index (χ1n) is 8.82. The van der Waals surface area contributed by atoms with Gasteiger partial charge in [-0.15, -0.1) is 5.10 Å². The molecule has 1 aliphatic carbocycles. The highest BCUT2D eigenvalue weighted by Crippen LogP contribution is 2.44. The molecule has 0 spiro atoms. The van der Waals surface area contributed by atoms with E-state index in [4.69, 9.17) is 4.74 Å². The molecule has 8 heteroatoms. The van der Waals surface area contributed by atoms with Crippen molar-refractivity contribution in [3.63, 3.8) is 0 Å². The average Bonchev–Trinajstić information content (AvgIpc) is 3.24. The van der Waals surface area contributed by atoms with Crippen molar-refractivity contribution in [2.24, 2.45) is 0 Å². The number of methoxy groups -OCH3 is 1. The van der Waals surface area contributed by atoms with Crippen LogP contribution in [0.1, 0.15) is 36.8 Å². The molecule has 7 nitrogen and oxygen atoms in total. The lowest BCUT2D eigenvalue weighted by Gasteiger charge is -2.09. The van der Waals surface area contributed by atoms with Gasteiger partial charge < -0.3 is 10.1 Å². The standard InChI is InChI=1S/C18H22N6OS/c1-4-7-26-18-20-16(15-17(21-18)23-24-22-15)19-13-9-12(13)11-5-6-14(25-3)10(2)8-11/h5-6,8,12-13H,4,7,9H2,1-3H3,(H2,19,20,21,22,23,24). The van der Waals surface area contributed by atoms with E-state index in [-0.39, 0.29) is 0 Å². The van der Waals surface area contributed by atoms with Gasteiger partial charge in [-0.3, -0.25) is 0 Å². The molecule has 26 heavy (non-hydrogen) atoms. The van der Waals surface area contributed by atoms with Crippen molar-refractivity contribution in [3.8, 4) is 5.75 Å². The maximum Gasteiger partial charge on any atom is 0.207 e. The Labute approximate surface area is 156 Å². The lowest BCUT2D eigenvalue weighted by atomic mass is 10.1. The summed E-state index contributed by atoms with van der Waals surface area (Å²) < 4.78 is 5.35. The third-order valence-corrected chi connectivity index (χ3v) is 5.61. The number of aryl methyl sites for hydroxylation is 1. The van der Waals surface area contributed by atoms with Crippen molar-refractivity contribution in [1.29, 1.82) is 0 Å². The van der Waals surface area contributed by atoms with Crippen LogP contribution in [0.4, 0.5) is 5.82 Å². The Kier molecular flexibility index (Phi) is 4.67. The summed E-state index contributed by atoms with van der Waals surface area (Å²) in [5, 5.41) is 15.3. The van der Waals surface area contributed by atoms with E-state index >= 15 is 0 Å². The summed E-state index contributed by atoms with van der Waals surface area (Å²) in [6.45, 7) is 4.22. The summed E-state index contributed by atoms with van der Waals surface area (Å²) in [5.74, 6) is 3.15. The molecule has 136 valence electrons. The third kappa shape index (κ3) is 3.33. The molecule has 0 aliphatic heterocycles. The van der Waals surface area contributed by atoms with Crippen molar-refractivity contribution in [3.05, 3.63) is 29.3 Å². The van der Waals surface area contributed by atoms with Gasteiger partial charge >= 0.3 is 0 Å². The fraction of sp³-hybridized carbons (Fsp3) is 0.444. The van der Waals surface area contributed by atoms with Gasteiger partial charge in [-0.05, 0) is 37.0 Å². The number of fused-ring (bicyclic) bond motifs is 1. The van der Waals surface area contributed by atoms with Crippen molar-refractivity contribution in [2.75, 3.05) is 18.2 Å². The van der Waals surface area contributed by atoms with Crippen LogP contribution in [0.25, 0.3) is 11.2 Å². The van der Waals surface area contributed by atoms with Crippen molar-refractivity contribution in [2.45, 2.75) is 43.8 Å². The van der Waals surface area contributed by atoms with E-state index in [0.29, 0.717) is 23.1 Å². The summed E-state index contributed by atoms with van der Waals surface area (Å²) >= 11 is 1.65.